The number of hydrogen-bond donors (Lipinski definition) is 0. The van der Waals surface area contributed by atoms with Crippen LogP contribution in [0.15, 0.2) is 58.1 Å². The van der Waals surface area contributed by atoms with Crippen molar-refractivity contribution in [2.75, 3.05) is 0 Å². The second kappa shape index (κ2) is 4.27. The molecule has 0 aliphatic carbocycles. The first-order chi connectivity index (χ1) is 8.74. The molecule has 3 aromatic rings. The van der Waals surface area contributed by atoms with Gasteiger partial charge in [-0.15, -0.1) is 0 Å². The largest absolute Gasteiger partial charge is 0.411 e. The summed E-state index contributed by atoms with van der Waals surface area (Å²) in [6, 6.07) is 12.9. The van der Waals surface area contributed by atoms with E-state index < -0.39 is 0 Å². The Morgan fingerprint density at radius 1 is 1.06 bits per heavy atom. The third-order valence-corrected chi connectivity index (χ3v) is 2.96. The Morgan fingerprint density at radius 2 is 1.89 bits per heavy atom. The number of fused-ring (bicyclic) bond motifs is 1. The minimum Gasteiger partial charge on any atom is -0.411 e. The Kier molecular flexibility index (Phi) is 2.61. The fraction of sp³-hybridized carbons (Fsp3) is 0. The molecule has 1 aromatic heterocycles. The van der Waals surface area contributed by atoms with Crippen LogP contribution in [-0.2, 0) is 0 Å². The van der Waals surface area contributed by atoms with Crippen molar-refractivity contribution in [3.63, 3.8) is 0 Å². The van der Waals surface area contributed by atoms with Crippen LogP contribution in [0.1, 0.15) is 0 Å². The van der Waals surface area contributed by atoms with Crippen LogP contribution < -0.4 is 5.63 Å². The van der Waals surface area contributed by atoms with Crippen molar-refractivity contribution in [1.82, 2.24) is 4.98 Å². The molecule has 18 heavy (non-hydrogen) atoms. The maximum atomic E-state index is 11.6. The van der Waals surface area contributed by atoms with Gasteiger partial charge in [-0.3, -0.25) is 0 Å². The third kappa shape index (κ3) is 1.89. The molecular weight excluding hydrogens is 250 g/mol. The van der Waals surface area contributed by atoms with E-state index in [4.69, 9.17) is 16.0 Å². The van der Waals surface area contributed by atoms with Crippen molar-refractivity contribution in [3.05, 3.63) is 64.3 Å². The molecule has 0 radical (unpaired) electrons. The minimum absolute atomic E-state index is 0.385. The zero-order chi connectivity index (χ0) is 12.5. The van der Waals surface area contributed by atoms with E-state index in [0.29, 0.717) is 15.9 Å². The van der Waals surface area contributed by atoms with Crippen molar-refractivity contribution in [1.29, 1.82) is 0 Å². The highest BCUT2D eigenvalue weighted by atomic mass is 35.5. The molecule has 4 heteroatoms. The van der Waals surface area contributed by atoms with Crippen LogP contribution in [0.2, 0.25) is 5.02 Å². The maximum Gasteiger partial charge on any atom is 0.346 e. The molecule has 0 saturated heterocycles. The van der Waals surface area contributed by atoms with E-state index in [9.17, 15) is 4.79 Å². The summed E-state index contributed by atoms with van der Waals surface area (Å²) in [6.07, 6.45) is 1.16. The summed E-state index contributed by atoms with van der Waals surface area (Å²) in [5, 5.41) is 1.13. The molecule has 0 saturated carbocycles. The van der Waals surface area contributed by atoms with E-state index in [2.05, 4.69) is 4.98 Å². The summed E-state index contributed by atoms with van der Waals surface area (Å²) in [6.45, 7) is 0. The quantitative estimate of drug-likeness (QED) is 0.670. The van der Waals surface area contributed by atoms with Crippen LogP contribution in [-0.4, -0.2) is 4.98 Å². The summed E-state index contributed by atoms with van der Waals surface area (Å²) < 4.78 is 4.76. The van der Waals surface area contributed by atoms with Gasteiger partial charge in [0.1, 0.15) is 0 Å². The first kappa shape index (κ1) is 11.0. The molecule has 0 unspecified atom stereocenters. The van der Waals surface area contributed by atoms with Crippen LogP contribution in [0.25, 0.3) is 22.0 Å². The smallest absolute Gasteiger partial charge is 0.346 e. The molecule has 0 atom stereocenters. The van der Waals surface area contributed by atoms with Crippen LogP contribution in [0.5, 0.6) is 0 Å². The van der Waals surface area contributed by atoms with Crippen molar-refractivity contribution >= 4 is 22.5 Å². The minimum atomic E-state index is -0.385. The Balaban J connectivity index is 2.25. The lowest BCUT2D eigenvalue weighted by molar-refractivity contribution is 0.501. The van der Waals surface area contributed by atoms with E-state index in [1.165, 1.54) is 0 Å². The fourth-order valence-electron chi connectivity index (χ4n) is 1.85. The van der Waals surface area contributed by atoms with Gasteiger partial charge < -0.3 is 4.42 Å². The fourth-order valence-corrected chi connectivity index (χ4v) is 2.04. The predicted molar refractivity (Wildman–Crippen MR) is 70.7 cm³/mol. The molecule has 0 aliphatic rings. The van der Waals surface area contributed by atoms with Crippen LogP contribution in [0, 0.1) is 0 Å². The van der Waals surface area contributed by atoms with Crippen molar-refractivity contribution < 1.29 is 4.42 Å². The lowest BCUT2D eigenvalue weighted by atomic mass is 10.0. The zero-order valence-corrected chi connectivity index (χ0v) is 10.0. The maximum absolute atomic E-state index is 11.6. The highest BCUT2D eigenvalue weighted by Crippen LogP contribution is 2.24. The topological polar surface area (TPSA) is 43.1 Å². The van der Waals surface area contributed by atoms with E-state index in [0.717, 1.165) is 17.5 Å². The van der Waals surface area contributed by atoms with Gasteiger partial charge >= 0.3 is 5.63 Å². The van der Waals surface area contributed by atoms with Gasteiger partial charge in [0.25, 0.3) is 0 Å². The molecule has 2 aromatic carbocycles. The van der Waals surface area contributed by atoms with E-state index in [1.54, 1.807) is 12.1 Å². The van der Waals surface area contributed by atoms with Crippen molar-refractivity contribution in [3.8, 4) is 11.1 Å². The van der Waals surface area contributed by atoms with Gasteiger partial charge in [0, 0.05) is 5.02 Å². The highest BCUT2D eigenvalue weighted by molar-refractivity contribution is 6.30. The Hall–Kier alpha value is -2.13. The van der Waals surface area contributed by atoms with Gasteiger partial charge in [0.2, 0.25) is 0 Å². The van der Waals surface area contributed by atoms with E-state index in [-0.39, 0.29) is 5.63 Å². The van der Waals surface area contributed by atoms with Crippen LogP contribution >= 0.6 is 11.6 Å². The molecule has 0 N–H and O–H groups in total. The number of nitrogens with zero attached hydrogens (tertiary/aromatic N) is 1. The Morgan fingerprint density at radius 3 is 2.72 bits per heavy atom. The van der Waals surface area contributed by atoms with Gasteiger partial charge in [-0.25, -0.2) is 9.78 Å². The predicted octanol–water partition coefficient (Wildman–Crippen LogP) is 3.51. The third-order valence-electron chi connectivity index (χ3n) is 2.73. The second-order valence-electron chi connectivity index (χ2n) is 3.88. The van der Waals surface area contributed by atoms with Crippen molar-refractivity contribution in [2.24, 2.45) is 0 Å². The molecule has 0 bridgehead atoms. The number of hydrogen-bond acceptors (Lipinski definition) is 3. The molecular formula is C14H8ClNO2. The number of aromatic nitrogens is 1. The number of rotatable bonds is 1. The molecule has 0 aliphatic heterocycles. The van der Waals surface area contributed by atoms with E-state index >= 15 is 0 Å². The summed E-state index contributed by atoms with van der Waals surface area (Å²) in [5.74, 6) is 0. The molecule has 1 heterocycles. The number of halogens is 1. The molecule has 0 amide bonds. The summed E-state index contributed by atoms with van der Waals surface area (Å²) in [5.41, 5.74) is 2.10. The lowest BCUT2D eigenvalue weighted by Crippen LogP contribution is -1.99. The first-order valence-electron chi connectivity index (χ1n) is 5.37. The summed E-state index contributed by atoms with van der Waals surface area (Å²) >= 11 is 5.95. The molecule has 3 rings (SSSR count). The van der Waals surface area contributed by atoms with Gasteiger partial charge in [-0.1, -0.05) is 29.8 Å². The van der Waals surface area contributed by atoms with Gasteiger partial charge in [0.15, 0.2) is 6.39 Å². The molecule has 0 fully saturated rings. The summed E-state index contributed by atoms with van der Waals surface area (Å²) in [4.78, 5) is 15.6. The van der Waals surface area contributed by atoms with Crippen LogP contribution in [0.3, 0.4) is 0 Å². The first-order valence-corrected chi connectivity index (χ1v) is 5.75. The average Bonchev–Trinajstić information content (AvgIpc) is 2.39. The monoisotopic (exact) mass is 257 g/mol. The highest BCUT2D eigenvalue weighted by Gasteiger charge is 2.04. The Bertz CT molecular complexity index is 780. The zero-order valence-electron chi connectivity index (χ0n) is 9.26. The summed E-state index contributed by atoms with van der Waals surface area (Å²) in [7, 11) is 0. The van der Waals surface area contributed by atoms with Gasteiger partial charge in [-0.05, 0) is 35.4 Å². The average molecular weight is 258 g/mol. The SMILES string of the molecule is O=c1ocnc2ccc(-c3cccc(Cl)c3)cc12. The van der Waals surface area contributed by atoms with Gasteiger partial charge in [0.05, 0.1) is 10.9 Å². The van der Waals surface area contributed by atoms with Crippen LogP contribution in [0.4, 0.5) is 0 Å². The van der Waals surface area contributed by atoms with E-state index in [1.807, 2.05) is 30.3 Å². The van der Waals surface area contributed by atoms with Crippen molar-refractivity contribution in [2.45, 2.75) is 0 Å². The normalized spacial score (nSPS) is 10.7. The molecule has 88 valence electrons. The standard InChI is InChI=1S/C14H8ClNO2/c15-11-3-1-2-9(6-11)10-4-5-13-12(7-10)14(17)18-8-16-13/h1-8H. The Labute approximate surface area is 108 Å². The lowest BCUT2D eigenvalue weighted by Gasteiger charge is -2.03. The molecule has 0 spiro atoms. The van der Waals surface area contributed by atoms with Gasteiger partial charge in [-0.2, -0.15) is 0 Å². The number of benzene rings is 2. The second-order valence-corrected chi connectivity index (χ2v) is 4.32. The molecule has 3 nitrogen and oxygen atoms in total.